The standard InChI is InChI=1S/C27H24N2.Pt/c1-19-9-5-11-21(17-19)23-13-7-15-25(28-23)27(3,4)26-16-8-14-24(29-26)22-12-6-10-20(2)18-22;/h5-10,13-18H,1-4H3;/q-2;+2. The summed E-state index contributed by atoms with van der Waals surface area (Å²) in [6.07, 6.45) is 0. The van der Waals surface area contributed by atoms with Crippen LogP contribution in [0.25, 0.3) is 22.5 Å². The van der Waals surface area contributed by atoms with Crippen LogP contribution >= 0.6 is 0 Å². The van der Waals surface area contributed by atoms with Gasteiger partial charge in [-0.1, -0.05) is 38.1 Å². The number of pyridine rings is 2. The zero-order valence-electron chi connectivity index (χ0n) is 17.6. The van der Waals surface area contributed by atoms with Gasteiger partial charge in [-0.05, 0) is 37.4 Å². The molecule has 0 aliphatic carbocycles. The predicted octanol–water partition coefficient (Wildman–Crippen LogP) is 6.35. The summed E-state index contributed by atoms with van der Waals surface area (Å²) in [4.78, 5) is 9.94. The van der Waals surface area contributed by atoms with Gasteiger partial charge in [-0.3, -0.25) is 0 Å². The van der Waals surface area contributed by atoms with Crippen molar-refractivity contribution >= 4 is 0 Å². The summed E-state index contributed by atoms with van der Waals surface area (Å²) in [5.41, 5.74) is 7.94. The first-order valence-electron chi connectivity index (χ1n) is 9.86. The van der Waals surface area contributed by atoms with Crippen LogP contribution in [0, 0.1) is 26.0 Å². The average Bonchev–Trinajstić information content (AvgIpc) is 2.74. The first-order chi connectivity index (χ1) is 13.9. The minimum absolute atomic E-state index is 0. The quantitative estimate of drug-likeness (QED) is 0.267. The van der Waals surface area contributed by atoms with Crippen molar-refractivity contribution in [2.24, 2.45) is 0 Å². The summed E-state index contributed by atoms with van der Waals surface area (Å²) >= 11 is 0. The molecule has 2 heterocycles. The van der Waals surface area contributed by atoms with Gasteiger partial charge in [-0.2, -0.15) is 0 Å². The molecule has 0 spiro atoms. The summed E-state index contributed by atoms with van der Waals surface area (Å²) in [6.45, 7) is 8.52. The van der Waals surface area contributed by atoms with E-state index < -0.39 is 0 Å². The molecular formula is C27H24N2Pt. The molecule has 0 saturated carbocycles. The minimum atomic E-state index is -0.334. The summed E-state index contributed by atoms with van der Waals surface area (Å²) in [5.74, 6) is 0. The molecule has 0 fully saturated rings. The van der Waals surface area contributed by atoms with Gasteiger partial charge in [-0.15, -0.1) is 70.8 Å². The molecule has 4 aromatic rings. The predicted molar refractivity (Wildman–Crippen MR) is 119 cm³/mol. The van der Waals surface area contributed by atoms with Gasteiger partial charge in [0.15, 0.2) is 0 Å². The van der Waals surface area contributed by atoms with Gasteiger partial charge < -0.3 is 9.97 Å². The fourth-order valence-electron chi connectivity index (χ4n) is 3.45. The molecule has 0 amide bonds. The van der Waals surface area contributed by atoms with Crippen molar-refractivity contribution in [2.45, 2.75) is 33.1 Å². The van der Waals surface area contributed by atoms with E-state index in [4.69, 9.17) is 9.97 Å². The van der Waals surface area contributed by atoms with Gasteiger partial charge in [0.1, 0.15) is 0 Å². The van der Waals surface area contributed by atoms with E-state index in [1.54, 1.807) is 0 Å². The molecule has 2 aromatic carbocycles. The van der Waals surface area contributed by atoms with Crippen molar-refractivity contribution in [1.82, 2.24) is 9.97 Å². The summed E-state index contributed by atoms with van der Waals surface area (Å²) < 4.78 is 0. The number of nitrogens with zero attached hydrogens (tertiary/aromatic N) is 2. The Morgan fingerprint density at radius 2 is 1.10 bits per heavy atom. The minimum Gasteiger partial charge on any atom is -0.300 e. The van der Waals surface area contributed by atoms with Gasteiger partial charge in [0.25, 0.3) is 0 Å². The van der Waals surface area contributed by atoms with E-state index in [2.05, 4.69) is 88.4 Å². The van der Waals surface area contributed by atoms with E-state index in [0.29, 0.717) is 0 Å². The van der Waals surface area contributed by atoms with Crippen LogP contribution in [0.15, 0.2) is 72.8 Å². The maximum Gasteiger partial charge on any atom is 2.00 e. The normalized spacial score (nSPS) is 11.1. The molecule has 0 bridgehead atoms. The fourth-order valence-corrected chi connectivity index (χ4v) is 3.45. The van der Waals surface area contributed by atoms with Crippen LogP contribution in [0.2, 0.25) is 0 Å². The van der Waals surface area contributed by atoms with Crippen LogP contribution < -0.4 is 0 Å². The van der Waals surface area contributed by atoms with E-state index >= 15 is 0 Å². The Morgan fingerprint density at radius 1 is 0.667 bits per heavy atom. The maximum atomic E-state index is 4.97. The van der Waals surface area contributed by atoms with Crippen molar-refractivity contribution in [3.05, 3.63) is 107 Å². The fraction of sp³-hybridized carbons (Fsp3) is 0.185. The Hall–Kier alpha value is -2.57. The largest absolute Gasteiger partial charge is 2.00 e. The Labute approximate surface area is 193 Å². The number of hydrogen-bond acceptors (Lipinski definition) is 2. The van der Waals surface area contributed by atoms with E-state index in [1.165, 1.54) is 11.1 Å². The summed E-state index contributed by atoms with van der Waals surface area (Å²) in [7, 11) is 0. The van der Waals surface area contributed by atoms with Gasteiger partial charge in [0, 0.05) is 16.8 Å². The molecule has 0 aliphatic rings. The molecule has 3 heteroatoms. The Balaban J connectivity index is 0.00000256. The zero-order valence-corrected chi connectivity index (χ0v) is 19.9. The number of rotatable bonds is 4. The molecule has 2 nitrogen and oxygen atoms in total. The third kappa shape index (κ3) is 4.60. The van der Waals surface area contributed by atoms with Crippen LogP contribution in [-0.2, 0) is 26.5 Å². The molecular weight excluding hydrogens is 547 g/mol. The molecule has 0 saturated heterocycles. The third-order valence-corrected chi connectivity index (χ3v) is 5.24. The molecule has 0 aliphatic heterocycles. The maximum absolute atomic E-state index is 4.97. The molecule has 0 unspecified atom stereocenters. The Kier molecular flexibility index (Phi) is 6.68. The zero-order chi connectivity index (χ0) is 20.4. The molecule has 30 heavy (non-hydrogen) atoms. The van der Waals surface area contributed by atoms with Crippen molar-refractivity contribution in [2.75, 3.05) is 0 Å². The first kappa shape index (κ1) is 22.1. The third-order valence-electron chi connectivity index (χ3n) is 5.24. The second-order valence-electron chi connectivity index (χ2n) is 8.00. The van der Waals surface area contributed by atoms with Gasteiger partial charge in [-0.25, -0.2) is 0 Å². The smallest absolute Gasteiger partial charge is 0.300 e. The van der Waals surface area contributed by atoms with E-state index in [9.17, 15) is 0 Å². The number of hydrogen-bond donors (Lipinski definition) is 0. The number of aryl methyl sites for hydroxylation is 2. The van der Waals surface area contributed by atoms with Crippen molar-refractivity contribution in [3.8, 4) is 22.5 Å². The van der Waals surface area contributed by atoms with Crippen LogP contribution in [0.4, 0.5) is 0 Å². The second-order valence-corrected chi connectivity index (χ2v) is 8.00. The summed E-state index contributed by atoms with van der Waals surface area (Å²) in [6, 6.07) is 31.2. The first-order valence-corrected chi connectivity index (χ1v) is 9.86. The Morgan fingerprint density at radius 3 is 1.50 bits per heavy atom. The molecule has 0 N–H and O–H groups in total. The monoisotopic (exact) mass is 571 g/mol. The van der Waals surface area contributed by atoms with E-state index in [0.717, 1.165) is 33.9 Å². The molecule has 2 aromatic heterocycles. The van der Waals surface area contributed by atoms with Crippen molar-refractivity contribution in [3.63, 3.8) is 0 Å². The average molecular weight is 572 g/mol. The Bertz CT molecular complexity index is 1070. The van der Waals surface area contributed by atoms with Crippen molar-refractivity contribution in [1.29, 1.82) is 0 Å². The molecule has 4 rings (SSSR count). The number of aromatic nitrogens is 2. The summed E-state index contributed by atoms with van der Waals surface area (Å²) in [5, 5.41) is 0. The van der Waals surface area contributed by atoms with Gasteiger partial charge in [0.05, 0.1) is 0 Å². The molecule has 0 radical (unpaired) electrons. The number of benzene rings is 2. The molecule has 152 valence electrons. The van der Waals surface area contributed by atoms with Crippen LogP contribution in [0.3, 0.4) is 0 Å². The topological polar surface area (TPSA) is 25.8 Å². The van der Waals surface area contributed by atoms with Crippen LogP contribution in [-0.4, -0.2) is 9.97 Å². The van der Waals surface area contributed by atoms with Crippen molar-refractivity contribution < 1.29 is 21.1 Å². The van der Waals surface area contributed by atoms with Gasteiger partial charge >= 0.3 is 21.1 Å². The van der Waals surface area contributed by atoms with E-state index in [-0.39, 0.29) is 26.5 Å². The molecule has 0 atom stereocenters. The second kappa shape index (κ2) is 9.06. The SMILES string of the molecule is Cc1cc[c-]c(-c2cccc(C(C)(C)c3cccc(-c4[c-]ccc(C)c4)n3)n2)c1.[Pt+2]. The van der Waals surface area contributed by atoms with E-state index in [1.807, 2.05) is 24.3 Å². The van der Waals surface area contributed by atoms with Crippen LogP contribution in [0.1, 0.15) is 36.4 Å². The van der Waals surface area contributed by atoms with Crippen LogP contribution in [0.5, 0.6) is 0 Å². The van der Waals surface area contributed by atoms with Gasteiger partial charge in [0.2, 0.25) is 0 Å².